The monoisotopic (exact) mass is 441 g/mol. The molecule has 1 fully saturated rings. The molecule has 5 rings (SSSR count). The minimum atomic E-state index is -0.0474. The molecule has 8 nitrogen and oxygen atoms in total. The van der Waals surface area contributed by atoms with E-state index in [1.165, 1.54) is 5.56 Å². The van der Waals surface area contributed by atoms with Crippen LogP contribution in [-0.2, 0) is 0 Å². The van der Waals surface area contributed by atoms with Gasteiger partial charge in [0.25, 0.3) is 0 Å². The van der Waals surface area contributed by atoms with Crippen LogP contribution in [0.25, 0.3) is 16.9 Å². The van der Waals surface area contributed by atoms with Gasteiger partial charge in [-0.1, -0.05) is 29.8 Å². The van der Waals surface area contributed by atoms with Crippen LogP contribution in [0.2, 0.25) is 0 Å². The molecule has 1 saturated heterocycles. The second-order valence-electron chi connectivity index (χ2n) is 8.47. The Morgan fingerprint density at radius 2 is 1.94 bits per heavy atom. The number of hydrogen-bond acceptors (Lipinski definition) is 5. The van der Waals surface area contributed by atoms with Gasteiger partial charge in [-0.15, -0.1) is 0 Å². The Labute approximate surface area is 192 Å². The average molecular weight is 442 g/mol. The van der Waals surface area contributed by atoms with Crippen LogP contribution in [0.3, 0.4) is 0 Å². The van der Waals surface area contributed by atoms with Gasteiger partial charge in [-0.2, -0.15) is 4.98 Å². The van der Waals surface area contributed by atoms with Crippen LogP contribution >= 0.6 is 0 Å². The van der Waals surface area contributed by atoms with Gasteiger partial charge in [0.05, 0.1) is 11.0 Å². The molecule has 1 unspecified atom stereocenters. The molecule has 4 aromatic rings. The van der Waals surface area contributed by atoms with Crippen LogP contribution in [0, 0.1) is 12.8 Å². The van der Waals surface area contributed by atoms with Gasteiger partial charge >= 0.3 is 6.03 Å². The van der Waals surface area contributed by atoms with E-state index in [4.69, 9.17) is 0 Å². The number of nitrogens with zero attached hydrogens (tertiary/aromatic N) is 5. The SMILES string of the molecule is Cc1ccc(NC(=O)N2CCCC(CNc3nccc(-n4cnc5ccccc54)n3)C2)cc1. The molecular weight excluding hydrogens is 414 g/mol. The van der Waals surface area contributed by atoms with Gasteiger partial charge < -0.3 is 15.5 Å². The van der Waals surface area contributed by atoms with E-state index in [2.05, 4.69) is 25.6 Å². The standard InChI is InChI=1S/C25H27N7O/c1-18-8-10-20(11-9-18)29-25(33)31-14-4-5-19(16-31)15-27-24-26-13-12-23(30-24)32-17-28-21-6-2-3-7-22(21)32/h2-3,6-13,17,19H,4-5,14-16H2,1H3,(H,29,33)(H,26,27,30). The third-order valence-electron chi connectivity index (χ3n) is 6.00. The van der Waals surface area contributed by atoms with Crippen LogP contribution in [0.15, 0.2) is 67.1 Å². The zero-order valence-electron chi connectivity index (χ0n) is 18.6. The molecule has 168 valence electrons. The lowest BCUT2D eigenvalue weighted by atomic mass is 9.98. The summed E-state index contributed by atoms with van der Waals surface area (Å²) < 4.78 is 1.96. The molecule has 1 aliphatic rings. The number of aromatic nitrogens is 4. The Morgan fingerprint density at radius 3 is 2.82 bits per heavy atom. The van der Waals surface area contributed by atoms with Crippen LogP contribution in [0.5, 0.6) is 0 Å². The fraction of sp³-hybridized carbons (Fsp3) is 0.280. The van der Waals surface area contributed by atoms with E-state index in [1.807, 2.05) is 71.0 Å². The van der Waals surface area contributed by atoms with Crippen molar-refractivity contribution in [3.63, 3.8) is 0 Å². The number of likely N-dealkylation sites (tertiary alicyclic amines) is 1. The molecule has 8 heteroatoms. The van der Waals surface area contributed by atoms with Gasteiger partial charge in [0.2, 0.25) is 5.95 Å². The Morgan fingerprint density at radius 1 is 1.09 bits per heavy atom. The summed E-state index contributed by atoms with van der Waals surface area (Å²) in [5.41, 5.74) is 3.93. The highest BCUT2D eigenvalue weighted by atomic mass is 16.2. The second kappa shape index (κ2) is 9.28. The van der Waals surface area contributed by atoms with Gasteiger partial charge in [0, 0.05) is 31.5 Å². The van der Waals surface area contributed by atoms with Gasteiger partial charge in [-0.3, -0.25) is 4.57 Å². The Bertz CT molecular complexity index is 1250. The van der Waals surface area contributed by atoms with Crippen molar-refractivity contribution in [1.82, 2.24) is 24.4 Å². The number of hydrogen-bond donors (Lipinski definition) is 2. The molecule has 0 bridgehead atoms. The van der Waals surface area contributed by atoms with Crippen molar-refractivity contribution in [3.8, 4) is 5.82 Å². The first-order chi connectivity index (χ1) is 16.2. The zero-order chi connectivity index (χ0) is 22.6. The highest BCUT2D eigenvalue weighted by molar-refractivity contribution is 5.89. The van der Waals surface area contributed by atoms with Crippen LogP contribution in [0.1, 0.15) is 18.4 Å². The van der Waals surface area contributed by atoms with Crippen molar-refractivity contribution >= 4 is 28.7 Å². The lowest BCUT2D eigenvalue weighted by Gasteiger charge is -2.32. The third-order valence-corrected chi connectivity index (χ3v) is 6.00. The Kier molecular flexibility index (Phi) is 5.89. The van der Waals surface area contributed by atoms with Crippen LogP contribution in [-0.4, -0.2) is 50.1 Å². The molecule has 0 radical (unpaired) electrons. The molecule has 1 aliphatic heterocycles. The lowest BCUT2D eigenvalue weighted by Crippen LogP contribution is -2.44. The van der Waals surface area contributed by atoms with Gasteiger partial charge in [-0.05, 0) is 56.0 Å². The summed E-state index contributed by atoms with van der Waals surface area (Å²) >= 11 is 0. The predicted octanol–water partition coefficient (Wildman–Crippen LogP) is 4.48. The number of amides is 2. The maximum absolute atomic E-state index is 12.7. The Hall–Kier alpha value is -3.94. The second-order valence-corrected chi connectivity index (χ2v) is 8.47. The normalized spacial score (nSPS) is 16.0. The minimum Gasteiger partial charge on any atom is -0.354 e. The molecule has 0 aliphatic carbocycles. The van der Waals surface area contributed by atoms with Crippen LogP contribution in [0.4, 0.5) is 16.4 Å². The van der Waals surface area contributed by atoms with Crippen molar-refractivity contribution in [3.05, 3.63) is 72.7 Å². The van der Waals surface area contributed by atoms with E-state index < -0.39 is 0 Å². The van der Waals surface area contributed by atoms with E-state index >= 15 is 0 Å². The van der Waals surface area contributed by atoms with Gasteiger partial charge in [0.15, 0.2) is 0 Å². The molecule has 1 atom stereocenters. The van der Waals surface area contributed by atoms with E-state index in [0.29, 0.717) is 25.0 Å². The summed E-state index contributed by atoms with van der Waals surface area (Å²) in [7, 11) is 0. The summed E-state index contributed by atoms with van der Waals surface area (Å²) in [5, 5.41) is 6.37. The fourth-order valence-corrected chi connectivity index (χ4v) is 4.20. The summed E-state index contributed by atoms with van der Waals surface area (Å²) in [5.74, 6) is 1.68. The number of carbonyl (C=O) groups is 1. The van der Waals surface area contributed by atoms with Gasteiger partial charge in [-0.25, -0.2) is 14.8 Å². The van der Waals surface area contributed by atoms with Crippen molar-refractivity contribution in [2.24, 2.45) is 5.92 Å². The lowest BCUT2D eigenvalue weighted by molar-refractivity contribution is 0.180. The molecule has 33 heavy (non-hydrogen) atoms. The highest BCUT2D eigenvalue weighted by Crippen LogP contribution is 2.20. The first kappa shape index (κ1) is 20.9. The number of nitrogens with one attached hydrogen (secondary N) is 2. The number of aryl methyl sites for hydroxylation is 1. The molecule has 2 N–H and O–H groups in total. The third kappa shape index (κ3) is 4.79. The van der Waals surface area contributed by atoms with Crippen molar-refractivity contribution in [1.29, 1.82) is 0 Å². The predicted molar refractivity (Wildman–Crippen MR) is 130 cm³/mol. The number of benzene rings is 2. The van der Waals surface area contributed by atoms with Gasteiger partial charge in [0.1, 0.15) is 12.1 Å². The first-order valence-corrected chi connectivity index (χ1v) is 11.3. The largest absolute Gasteiger partial charge is 0.354 e. The molecule has 2 aromatic heterocycles. The van der Waals surface area contributed by atoms with E-state index in [0.717, 1.165) is 41.9 Å². The number of carbonyl (C=O) groups excluding carboxylic acids is 1. The smallest absolute Gasteiger partial charge is 0.321 e. The highest BCUT2D eigenvalue weighted by Gasteiger charge is 2.24. The summed E-state index contributed by atoms with van der Waals surface area (Å²) in [6.45, 7) is 4.22. The van der Waals surface area contributed by atoms with Crippen molar-refractivity contribution in [2.75, 3.05) is 30.3 Å². The quantitative estimate of drug-likeness (QED) is 0.477. The Balaban J connectivity index is 1.20. The van der Waals surface area contributed by atoms with Crippen molar-refractivity contribution in [2.45, 2.75) is 19.8 Å². The number of anilines is 2. The molecule has 0 spiro atoms. The molecule has 0 saturated carbocycles. The van der Waals surface area contributed by atoms with E-state index in [-0.39, 0.29) is 6.03 Å². The number of urea groups is 1. The van der Waals surface area contributed by atoms with Crippen LogP contribution < -0.4 is 10.6 Å². The topological polar surface area (TPSA) is 88.0 Å². The molecule has 3 heterocycles. The average Bonchev–Trinajstić information content (AvgIpc) is 3.29. The summed E-state index contributed by atoms with van der Waals surface area (Å²) in [6.07, 6.45) is 5.58. The fourth-order valence-electron chi connectivity index (χ4n) is 4.20. The number of rotatable bonds is 5. The van der Waals surface area contributed by atoms with Crippen molar-refractivity contribution < 1.29 is 4.79 Å². The first-order valence-electron chi connectivity index (χ1n) is 11.3. The van der Waals surface area contributed by atoms with E-state index in [9.17, 15) is 4.79 Å². The number of piperidine rings is 1. The zero-order valence-corrected chi connectivity index (χ0v) is 18.6. The molecule has 2 amide bonds. The number of fused-ring (bicyclic) bond motifs is 1. The summed E-state index contributed by atoms with van der Waals surface area (Å²) in [6, 6.07) is 17.7. The molecule has 2 aromatic carbocycles. The molecular formula is C25H27N7O. The number of para-hydroxylation sites is 2. The summed E-state index contributed by atoms with van der Waals surface area (Å²) in [4.78, 5) is 28.1. The maximum Gasteiger partial charge on any atom is 0.321 e. The minimum absolute atomic E-state index is 0.0474. The van der Waals surface area contributed by atoms with E-state index in [1.54, 1.807) is 12.5 Å². The maximum atomic E-state index is 12.7. The number of imidazole rings is 1.